The molecule has 2 aromatic rings. The summed E-state index contributed by atoms with van der Waals surface area (Å²) in [5.41, 5.74) is 2.61. The molecule has 0 saturated carbocycles. The van der Waals surface area contributed by atoms with Crippen molar-refractivity contribution >= 4 is 23.3 Å². The molecule has 2 N–H and O–H groups in total. The third-order valence-corrected chi connectivity index (χ3v) is 4.08. The first kappa shape index (κ1) is 16.9. The molecule has 0 unspecified atom stereocenters. The van der Waals surface area contributed by atoms with Crippen molar-refractivity contribution in [2.45, 2.75) is 13.0 Å². The number of rotatable bonds is 3. The largest absolute Gasteiger partial charge is 0.462 e. The maximum Gasteiger partial charge on any atom is 0.352 e. The Bertz CT molecular complexity index is 872. The minimum absolute atomic E-state index is 0.0941. The Morgan fingerprint density at radius 1 is 1.28 bits per heavy atom. The average Bonchev–Trinajstić information content (AvgIpc) is 2.63. The van der Waals surface area contributed by atoms with E-state index in [1.807, 2.05) is 48.5 Å². The summed E-state index contributed by atoms with van der Waals surface area (Å²) < 4.78 is 4.98. The van der Waals surface area contributed by atoms with E-state index in [4.69, 9.17) is 16.3 Å². The van der Waals surface area contributed by atoms with Gasteiger partial charge in [-0.3, -0.25) is 0 Å². The molecular weight excluding hydrogens is 338 g/mol. The number of carbonyl (C=O) groups is 1. The Morgan fingerprint density at radius 2 is 2.04 bits per heavy atom. The Kier molecular flexibility index (Phi) is 4.92. The highest BCUT2D eigenvalue weighted by Gasteiger charge is 2.28. The molecule has 0 radical (unpaired) electrons. The predicted molar refractivity (Wildman–Crippen MR) is 95.8 cm³/mol. The lowest BCUT2D eigenvalue weighted by Crippen LogP contribution is -2.34. The van der Waals surface area contributed by atoms with Gasteiger partial charge in [0.2, 0.25) is 0 Å². The molecule has 0 aromatic heterocycles. The van der Waals surface area contributed by atoms with Crippen molar-refractivity contribution in [3.8, 4) is 6.07 Å². The third kappa shape index (κ3) is 3.44. The molecule has 0 bridgehead atoms. The van der Waals surface area contributed by atoms with Crippen LogP contribution in [0.5, 0.6) is 0 Å². The maximum absolute atomic E-state index is 12.1. The minimum Gasteiger partial charge on any atom is -0.462 e. The van der Waals surface area contributed by atoms with Gasteiger partial charge in [-0.1, -0.05) is 41.9 Å². The van der Waals surface area contributed by atoms with Crippen molar-refractivity contribution < 1.29 is 9.53 Å². The highest BCUT2D eigenvalue weighted by atomic mass is 35.5. The van der Waals surface area contributed by atoms with E-state index >= 15 is 0 Å². The number of benzene rings is 2. The number of esters is 1. The highest BCUT2D eigenvalue weighted by Crippen LogP contribution is 2.36. The summed E-state index contributed by atoms with van der Waals surface area (Å²) in [5, 5.41) is 16.4. The number of ether oxygens (including phenoxy) is 1. The van der Waals surface area contributed by atoms with Crippen LogP contribution in [0.4, 0.5) is 5.69 Å². The number of nitriles is 1. The fraction of sp³-hybridized carbons (Fsp3) is 0.158. The molecule has 1 aliphatic rings. The molecule has 1 aliphatic heterocycles. The van der Waals surface area contributed by atoms with E-state index in [0.29, 0.717) is 10.8 Å². The monoisotopic (exact) mass is 353 g/mol. The molecule has 0 aliphatic carbocycles. The number of fused-ring (bicyclic) bond motifs is 1. The lowest BCUT2D eigenvalue weighted by molar-refractivity contribution is -0.138. The van der Waals surface area contributed by atoms with Gasteiger partial charge in [-0.25, -0.2) is 4.79 Å². The second kappa shape index (κ2) is 7.29. The van der Waals surface area contributed by atoms with Crippen LogP contribution in [-0.4, -0.2) is 12.6 Å². The quantitative estimate of drug-likeness (QED) is 0.499. The van der Waals surface area contributed by atoms with E-state index in [1.54, 1.807) is 13.0 Å². The minimum atomic E-state index is -0.663. The molecule has 3 rings (SSSR count). The summed E-state index contributed by atoms with van der Waals surface area (Å²) in [6.07, 6.45) is 0. The second-order valence-electron chi connectivity index (χ2n) is 5.43. The van der Waals surface area contributed by atoms with Crippen molar-refractivity contribution in [1.82, 2.24) is 5.32 Å². The van der Waals surface area contributed by atoms with Crippen LogP contribution in [0.25, 0.3) is 0 Å². The van der Waals surface area contributed by atoms with Crippen LogP contribution in [0, 0.1) is 11.3 Å². The van der Waals surface area contributed by atoms with Crippen molar-refractivity contribution in [3.05, 3.63) is 76.1 Å². The fourth-order valence-corrected chi connectivity index (χ4v) is 2.91. The van der Waals surface area contributed by atoms with Gasteiger partial charge in [0.1, 0.15) is 11.9 Å². The lowest BCUT2D eigenvalue weighted by Gasteiger charge is -2.31. The zero-order valence-electron chi connectivity index (χ0n) is 13.5. The Labute approximate surface area is 150 Å². The van der Waals surface area contributed by atoms with Crippen molar-refractivity contribution in [2.24, 2.45) is 0 Å². The van der Waals surface area contributed by atoms with E-state index < -0.39 is 5.97 Å². The van der Waals surface area contributed by atoms with Gasteiger partial charge < -0.3 is 15.4 Å². The second-order valence-corrected chi connectivity index (χ2v) is 5.86. The van der Waals surface area contributed by atoms with Crippen molar-refractivity contribution in [2.75, 3.05) is 11.9 Å². The molecule has 6 heteroatoms. The van der Waals surface area contributed by atoms with E-state index in [-0.39, 0.29) is 18.2 Å². The van der Waals surface area contributed by atoms with Crippen LogP contribution in [0.3, 0.4) is 0 Å². The number of anilines is 1. The topological polar surface area (TPSA) is 74.2 Å². The first-order chi connectivity index (χ1) is 12.1. The van der Waals surface area contributed by atoms with Gasteiger partial charge in [-0.05, 0) is 30.7 Å². The zero-order chi connectivity index (χ0) is 17.8. The molecule has 0 amide bonds. The molecule has 126 valence electrons. The summed E-state index contributed by atoms with van der Waals surface area (Å²) in [6, 6.07) is 16.9. The van der Waals surface area contributed by atoms with Crippen LogP contribution < -0.4 is 10.6 Å². The van der Waals surface area contributed by atoms with Gasteiger partial charge in [-0.2, -0.15) is 5.26 Å². The van der Waals surface area contributed by atoms with Crippen LogP contribution in [0.1, 0.15) is 24.1 Å². The van der Waals surface area contributed by atoms with Crippen LogP contribution in [0.15, 0.2) is 59.9 Å². The number of nitrogens with one attached hydrogen (secondary N) is 2. The molecule has 1 heterocycles. The van der Waals surface area contributed by atoms with Gasteiger partial charge in [-0.15, -0.1) is 0 Å². The summed E-state index contributed by atoms with van der Waals surface area (Å²) in [5.74, 6) is -0.339. The molecule has 0 spiro atoms. The number of carbonyl (C=O) groups excluding carboxylic acids is 1. The van der Waals surface area contributed by atoms with Crippen LogP contribution >= 0.6 is 11.6 Å². The molecule has 1 atom stereocenters. The summed E-state index contributed by atoms with van der Waals surface area (Å²) in [4.78, 5) is 12.1. The maximum atomic E-state index is 12.1. The normalized spacial score (nSPS) is 17.4. The molecule has 5 nitrogen and oxygen atoms in total. The number of halogens is 1. The standard InChI is InChI=1S/C19H16ClN3O2/c1-2-25-19(24)15(11-21)18-22-16-9-8-13(20)10-14(16)17(23-18)12-6-4-3-5-7-12/h3-10,17,22-23H,2H2,1H3/b18-15-/t17-/m0/s1. The average molecular weight is 354 g/mol. The first-order valence-electron chi connectivity index (χ1n) is 7.83. The van der Waals surface area contributed by atoms with E-state index in [2.05, 4.69) is 10.6 Å². The fourth-order valence-electron chi connectivity index (χ4n) is 2.73. The van der Waals surface area contributed by atoms with Gasteiger partial charge in [0, 0.05) is 16.3 Å². The van der Waals surface area contributed by atoms with E-state index in [1.165, 1.54) is 0 Å². The summed E-state index contributed by atoms with van der Waals surface area (Å²) in [6.45, 7) is 1.90. The van der Waals surface area contributed by atoms with E-state index in [9.17, 15) is 10.1 Å². The number of hydrogen-bond acceptors (Lipinski definition) is 5. The SMILES string of the molecule is CCOC(=O)/C(C#N)=C1/Nc2ccc(Cl)cc2[C@H](c2ccccc2)N1. The molecule has 2 aromatic carbocycles. The molecule has 25 heavy (non-hydrogen) atoms. The van der Waals surface area contributed by atoms with Crippen molar-refractivity contribution in [3.63, 3.8) is 0 Å². The van der Waals surface area contributed by atoms with Crippen LogP contribution in [-0.2, 0) is 9.53 Å². The number of hydrogen-bond donors (Lipinski definition) is 2. The first-order valence-corrected chi connectivity index (χ1v) is 8.21. The van der Waals surface area contributed by atoms with Gasteiger partial charge >= 0.3 is 5.97 Å². The zero-order valence-corrected chi connectivity index (χ0v) is 14.3. The molecule has 0 saturated heterocycles. The Balaban J connectivity index is 2.11. The van der Waals surface area contributed by atoms with Gasteiger partial charge in [0.25, 0.3) is 0 Å². The van der Waals surface area contributed by atoms with Crippen molar-refractivity contribution in [1.29, 1.82) is 5.26 Å². The summed E-state index contributed by atoms with van der Waals surface area (Å²) in [7, 11) is 0. The lowest BCUT2D eigenvalue weighted by atomic mass is 9.95. The Hall–Kier alpha value is -2.97. The molecular formula is C19H16ClN3O2. The predicted octanol–water partition coefficient (Wildman–Crippen LogP) is 3.74. The highest BCUT2D eigenvalue weighted by molar-refractivity contribution is 6.30. The summed E-state index contributed by atoms with van der Waals surface area (Å²) >= 11 is 6.15. The Morgan fingerprint density at radius 3 is 2.72 bits per heavy atom. The number of nitrogens with zero attached hydrogens (tertiary/aromatic N) is 1. The van der Waals surface area contributed by atoms with Crippen LogP contribution in [0.2, 0.25) is 5.02 Å². The smallest absolute Gasteiger partial charge is 0.352 e. The molecule has 0 fully saturated rings. The third-order valence-electron chi connectivity index (χ3n) is 3.85. The van der Waals surface area contributed by atoms with Gasteiger partial charge in [0.05, 0.1) is 12.6 Å². The van der Waals surface area contributed by atoms with Gasteiger partial charge in [0.15, 0.2) is 5.57 Å². The van der Waals surface area contributed by atoms with E-state index in [0.717, 1.165) is 16.8 Å².